The number of unbranched alkanes of at least 4 members (excludes halogenated alkanes) is 4. The first-order chi connectivity index (χ1) is 16.5. The Morgan fingerprint density at radius 1 is 1.12 bits per heavy atom. The highest BCUT2D eigenvalue weighted by atomic mass is 32.2. The van der Waals surface area contributed by atoms with Gasteiger partial charge >= 0.3 is 6.03 Å². The van der Waals surface area contributed by atoms with E-state index in [2.05, 4.69) is 12.2 Å². The van der Waals surface area contributed by atoms with Crippen LogP contribution in [-0.2, 0) is 16.1 Å². The minimum absolute atomic E-state index is 0.0170. The van der Waals surface area contributed by atoms with Gasteiger partial charge in [0.2, 0.25) is 11.8 Å². The Kier molecular flexibility index (Phi) is 10.1. The maximum Gasteiger partial charge on any atom is 0.334 e. The highest BCUT2D eigenvalue weighted by Gasteiger charge is 2.50. The average Bonchev–Trinajstić information content (AvgIpc) is 2.83. The molecule has 3 rings (SSSR count). The molecule has 4 amide bonds. The molecule has 1 unspecified atom stereocenters. The Hall–Kier alpha value is -2.26. The Bertz CT molecular complexity index is 824. The van der Waals surface area contributed by atoms with E-state index in [1.807, 2.05) is 41.5 Å². The van der Waals surface area contributed by atoms with Crippen molar-refractivity contribution in [2.45, 2.75) is 64.2 Å². The van der Waals surface area contributed by atoms with E-state index in [4.69, 9.17) is 0 Å². The van der Waals surface area contributed by atoms with Gasteiger partial charge in [0.1, 0.15) is 12.2 Å². The summed E-state index contributed by atoms with van der Waals surface area (Å²) in [6.07, 6.45) is 7.68. The van der Waals surface area contributed by atoms with Crippen LogP contribution in [0.15, 0.2) is 30.3 Å². The third kappa shape index (κ3) is 6.44. The molecular weight excluding hydrogens is 450 g/mol. The number of nitrogens with zero attached hydrogens (tertiary/aromatic N) is 4. The van der Waals surface area contributed by atoms with Gasteiger partial charge in [-0.15, -0.1) is 0 Å². The van der Waals surface area contributed by atoms with Crippen molar-refractivity contribution in [3.63, 3.8) is 0 Å². The number of fused-ring (bicyclic) bond motifs is 1. The quantitative estimate of drug-likeness (QED) is 0.483. The van der Waals surface area contributed by atoms with Crippen molar-refractivity contribution in [2.24, 2.45) is 0 Å². The molecule has 2 saturated heterocycles. The van der Waals surface area contributed by atoms with Crippen molar-refractivity contribution >= 4 is 29.6 Å². The van der Waals surface area contributed by atoms with Crippen molar-refractivity contribution in [3.05, 3.63) is 35.9 Å². The Morgan fingerprint density at radius 2 is 1.85 bits per heavy atom. The highest BCUT2D eigenvalue weighted by Crippen LogP contribution is 2.28. The molecule has 0 spiro atoms. The summed E-state index contributed by atoms with van der Waals surface area (Å²) in [5.41, 5.74) is 1.01. The van der Waals surface area contributed by atoms with Gasteiger partial charge in [0.05, 0.1) is 13.1 Å². The van der Waals surface area contributed by atoms with E-state index < -0.39 is 12.2 Å². The molecule has 0 bridgehead atoms. The van der Waals surface area contributed by atoms with Crippen molar-refractivity contribution in [1.82, 2.24) is 25.1 Å². The maximum absolute atomic E-state index is 13.4. The van der Waals surface area contributed by atoms with E-state index >= 15 is 0 Å². The van der Waals surface area contributed by atoms with Gasteiger partial charge in [0.15, 0.2) is 0 Å². The third-order valence-electron chi connectivity index (χ3n) is 6.56. The molecule has 2 aliphatic rings. The van der Waals surface area contributed by atoms with Crippen LogP contribution >= 0.6 is 11.8 Å². The molecule has 0 radical (unpaired) electrons. The lowest BCUT2D eigenvalue weighted by atomic mass is 10.0. The number of nitrogens with one attached hydrogen (secondary N) is 1. The van der Waals surface area contributed by atoms with Gasteiger partial charge in [0, 0.05) is 20.1 Å². The van der Waals surface area contributed by atoms with Crippen molar-refractivity contribution in [2.75, 3.05) is 38.7 Å². The summed E-state index contributed by atoms with van der Waals surface area (Å²) < 4.78 is 0. The van der Waals surface area contributed by atoms with Crippen LogP contribution in [-0.4, -0.2) is 88.6 Å². The van der Waals surface area contributed by atoms with E-state index in [0.717, 1.165) is 24.2 Å². The average molecular weight is 490 g/mol. The Morgan fingerprint density at radius 3 is 2.56 bits per heavy atom. The number of carbonyl (C=O) groups is 3. The molecule has 9 heteroatoms. The lowest BCUT2D eigenvalue weighted by Gasteiger charge is -2.54. The summed E-state index contributed by atoms with van der Waals surface area (Å²) in [6, 6.07) is 8.98. The number of hydrogen-bond acceptors (Lipinski definition) is 5. The monoisotopic (exact) mass is 489 g/mol. The molecule has 1 aromatic carbocycles. The van der Waals surface area contributed by atoms with E-state index in [0.29, 0.717) is 26.1 Å². The zero-order valence-electron chi connectivity index (χ0n) is 20.7. The number of amides is 4. The van der Waals surface area contributed by atoms with Gasteiger partial charge < -0.3 is 15.1 Å². The number of benzene rings is 1. The fourth-order valence-corrected chi connectivity index (χ4v) is 5.23. The van der Waals surface area contributed by atoms with Crippen LogP contribution in [0.3, 0.4) is 0 Å². The number of hydrogen-bond donors (Lipinski definition) is 1. The number of carbonyl (C=O) groups excluding carboxylic acids is 3. The minimum atomic E-state index is -0.521. The highest BCUT2D eigenvalue weighted by molar-refractivity contribution is 7.98. The second-order valence-corrected chi connectivity index (χ2v) is 10.1. The van der Waals surface area contributed by atoms with Crippen molar-refractivity contribution < 1.29 is 14.4 Å². The second kappa shape index (κ2) is 13.0. The number of piperazine rings is 1. The van der Waals surface area contributed by atoms with Gasteiger partial charge in [-0.25, -0.2) is 14.8 Å². The van der Waals surface area contributed by atoms with Crippen molar-refractivity contribution in [3.8, 4) is 0 Å². The molecular formula is C25H39N5O3S. The molecule has 2 fully saturated rings. The summed E-state index contributed by atoms with van der Waals surface area (Å²) in [7, 11) is 1.76. The fourth-order valence-electron chi connectivity index (χ4n) is 4.77. The van der Waals surface area contributed by atoms with E-state index in [-0.39, 0.29) is 24.4 Å². The van der Waals surface area contributed by atoms with Crippen LogP contribution in [0.2, 0.25) is 0 Å². The number of likely N-dealkylation sites (N-methyl/N-ethyl adjacent to an activating group) is 1. The molecule has 1 N–H and O–H groups in total. The first kappa shape index (κ1) is 26.3. The summed E-state index contributed by atoms with van der Waals surface area (Å²) in [5.74, 6) is 0.706. The zero-order valence-corrected chi connectivity index (χ0v) is 21.6. The predicted molar refractivity (Wildman–Crippen MR) is 136 cm³/mol. The van der Waals surface area contributed by atoms with E-state index in [1.54, 1.807) is 33.7 Å². The molecule has 0 aromatic heterocycles. The molecule has 0 saturated carbocycles. The molecule has 2 heterocycles. The molecule has 2 aliphatic heterocycles. The normalized spacial score (nSPS) is 21.1. The lowest BCUT2D eigenvalue weighted by molar-refractivity contribution is -0.187. The number of thioether (sulfide) groups is 1. The second-order valence-electron chi connectivity index (χ2n) is 9.08. The van der Waals surface area contributed by atoms with Crippen LogP contribution in [0.25, 0.3) is 0 Å². The van der Waals surface area contributed by atoms with Crippen LogP contribution in [0.1, 0.15) is 51.0 Å². The first-order valence-electron chi connectivity index (χ1n) is 12.4. The van der Waals surface area contributed by atoms with Gasteiger partial charge in [-0.3, -0.25) is 9.59 Å². The summed E-state index contributed by atoms with van der Waals surface area (Å²) in [6.45, 7) is 3.68. The van der Waals surface area contributed by atoms with Gasteiger partial charge in [-0.1, -0.05) is 62.9 Å². The maximum atomic E-state index is 13.4. The number of hydrazine groups is 1. The molecule has 1 aromatic rings. The van der Waals surface area contributed by atoms with Gasteiger partial charge in [0.25, 0.3) is 0 Å². The lowest BCUT2D eigenvalue weighted by Crippen LogP contribution is -2.76. The summed E-state index contributed by atoms with van der Waals surface area (Å²) in [5, 5.41) is 6.31. The van der Waals surface area contributed by atoms with Crippen LogP contribution < -0.4 is 5.32 Å². The molecule has 8 nitrogen and oxygen atoms in total. The smallest absolute Gasteiger partial charge is 0.334 e. The number of urea groups is 1. The largest absolute Gasteiger partial charge is 0.337 e. The summed E-state index contributed by atoms with van der Waals surface area (Å²) in [4.78, 5) is 43.4. The van der Waals surface area contributed by atoms with E-state index in [1.165, 1.54) is 19.3 Å². The van der Waals surface area contributed by atoms with Gasteiger partial charge in [-0.05, 0) is 30.4 Å². The number of rotatable bonds is 11. The SMILES string of the molecule is CCCCCCCN1CC2N(C(=O)CN(C)N2C(=O)NCc2ccccc2)[C@@H](CCSC)C1=O. The first-order valence-corrected chi connectivity index (χ1v) is 13.8. The fraction of sp³-hybridized carbons (Fsp3) is 0.640. The molecule has 34 heavy (non-hydrogen) atoms. The van der Waals surface area contributed by atoms with Crippen molar-refractivity contribution in [1.29, 1.82) is 0 Å². The van der Waals surface area contributed by atoms with Gasteiger partial charge in [-0.2, -0.15) is 11.8 Å². The van der Waals surface area contributed by atoms with Crippen LogP contribution in [0, 0.1) is 0 Å². The summed E-state index contributed by atoms with van der Waals surface area (Å²) >= 11 is 1.67. The minimum Gasteiger partial charge on any atom is -0.337 e. The standard InChI is InChI=1S/C25H39N5O3S/c1-4-5-6-7-11-15-28-18-22-29(21(24(28)32)14-16-34-3)23(31)19-27(2)30(22)25(33)26-17-20-12-9-8-10-13-20/h8-10,12-13,21-22H,4-7,11,14-19H2,1-3H3,(H,26,33)/t21-,22?/m0/s1. The Labute approximate surface area is 208 Å². The molecule has 188 valence electrons. The zero-order chi connectivity index (χ0) is 24.5. The predicted octanol–water partition coefficient (Wildman–Crippen LogP) is 3.15. The molecule has 0 aliphatic carbocycles. The Balaban J connectivity index is 1.77. The van der Waals surface area contributed by atoms with Crippen LogP contribution in [0.5, 0.6) is 0 Å². The van der Waals surface area contributed by atoms with E-state index in [9.17, 15) is 14.4 Å². The molecule has 2 atom stereocenters. The topological polar surface area (TPSA) is 76.2 Å². The third-order valence-corrected chi connectivity index (χ3v) is 7.21. The van der Waals surface area contributed by atoms with Crippen LogP contribution in [0.4, 0.5) is 4.79 Å².